The van der Waals surface area contributed by atoms with Crippen LogP contribution in [0.5, 0.6) is 0 Å². The molecule has 0 radical (unpaired) electrons. The Morgan fingerprint density at radius 1 is 1.21 bits per heavy atom. The zero-order valence-corrected chi connectivity index (χ0v) is 15.2. The number of carbonyl (C=O) groups excluding carboxylic acids is 1. The van der Waals surface area contributed by atoms with Gasteiger partial charge in [-0.25, -0.2) is 0 Å². The summed E-state index contributed by atoms with van der Waals surface area (Å²) in [5.74, 6) is 0.0203. The van der Waals surface area contributed by atoms with Gasteiger partial charge in [0.2, 0.25) is 5.91 Å². The first kappa shape index (κ1) is 18.4. The van der Waals surface area contributed by atoms with Crippen LogP contribution in [0.4, 0.5) is 0 Å². The van der Waals surface area contributed by atoms with Crippen LogP contribution in [0, 0.1) is 0 Å². The van der Waals surface area contributed by atoms with Crippen LogP contribution in [0.25, 0.3) is 10.1 Å². The Hall–Kier alpha value is -1.92. The van der Waals surface area contributed by atoms with Crippen LogP contribution >= 0.6 is 11.5 Å². The average Bonchev–Trinajstić information content (AvgIpc) is 2.94. The highest BCUT2D eigenvalue weighted by Crippen LogP contribution is 2.16. The Kier molecular flexibility index (Phi) is 6.75. The molecule has 1 saturated heterocycles. The van der Waals surface area contributed by atoms with E-state index in [9.17, 15) is 9.59 Å². The topological polar surface area (TPSA) is 45.5 Å². The van der Waals surface area contributed by atoms with E-state index in [-0.39, 0.29) is 18.0 Å². The highest BCUT2D eigenvalue weighted by molar-refractivity contribution is 7.13. The molecule has 3 rings (SSSR count). The fraction of sp³-hybridized carbons (Fsp3) is 0.444. The van der Waals surface area contributed by atoms with Crippen molar-refractivity contribution in [1.29, 1.82) is 0 Å². The predicted octanol–water partition coefficient (Wildman–Crippen LogP) is 2.42. The first-order valence-electron chi connectivity index (χ1n) is 8.39. The van der Waals surface area contributed by atoms with Crippen molar-refractivity contribution in [2.45, 2.75) is 20.4 Å². The fourth-order valence-corrected chi connectivity index (χ4v) is 3.69. The second-order valence-electron chi connectivity index (χ2n) is 5.40. The Bertz CT molecular complexity index is 742. The zero-order chi connectivity index (χ0) is 17.5. The minimum absolute atomic E-state index is 0.0203. The average molecular weight is 347 g/mol. The van der Waals surface area contributed by atoms with Gasteiger partial charge in [0.25, 0.3) is 5.56 Å². The van der Waals surface area contributed by atoms with Crippen LogP contribution < -0.4 is 5.56 Å². The van der Waals surface area contributed by atoms with Crippen molar-refractivity contribution in [3.63, 3.8) is 0 Å². The number of rotatable bonds is 4. The van der Waals surface area contributed by atoms with E-state index in [1.165, 1.54) is 11.5 Å². The van der Waals surface area contributed by atoms with E-state index in [0.717, 1.165) is 24.3 Å². The van der Waals surface area contributed by atoms with Gasteiger partial charge in [-0.15, -0.1) is 6.58 Å². The maximum Gasteiger partial charge on any atom is 0.268 e. The Morgan fingerprint density at radius 3 is 2.50 bits per heavy atom. The number of nitrogens with zero attached hydrogens (tertiary/aromatic N) is 3. The largest absolute Gasteiger partial charge is 0.339 e. The fourth-order valence-electron chi connectivity index (χ4n) is 2.71. The van der Waals surface area contributed by atoms with Crippen molar-refractivity contribution in [2.75, 3.05) is 32.7 Å². The molecule has 6 heteroatoms. The minimum Gasteiger partial charge on any atom is -0.339 e. The van der Waals surface area contributed by atoms with Crippen molar-refractivity contribution in [1.82, 2.24) is 13.8 Å². The summed E-state index contributed by atoms with van der Waals surface area (Å²) in [4.78, 5) is 28.8. The number of hydrogen-bond acceptors (Lipinski definition) is 4. The summed E-state index contributed by atoms with van der Waals surface area (Å²) >= 11 is 1.36. The van der Waals surface area contributed by atoms with Gasteiger partial charge in [0.1, 0.15) is 6.54 Å². The maximum atomic E-state index is 12.4. The van der Waals surface area contributed by atoms with E-state index in [1.54, 1.807) is 3.96 Å². The van der Waals surface area contributed by atoms with Crippen molar-refractivity contribution in [2.24, 2.45) is 0 Å². The molecule has 0 atom stereocenters. The van der Waals surface area contributed by atoms with Crippen molar-refractivity contribution >= 4 is 27.5 Å². The molecular formula is C18H25N3O2S. The molecule has 0 unspecified atom stereocenters. The third-order valence-corrected chi connectivity index (χ3v) is 5.01. The van der Waals surface area contributed by atoms with Crippen LogP contribution in [0.1, 0.15) is 13.8 Å². The number of carbonyl (C=O) groups is 1. The number of piperazine rings is 1. The standard InChI is InChI=1S/C16H19N3O2S.C2H6/c1-2-7-17-8-10-18(11-9-17)15(20)12-19-16(21)13-5-3-4-6-14(13)22-19;1-2/h2-6H,1,7-12H2;1-2H3. The van der Waals surface area contributed by atoms with E-state index >= 15 is 0 Å². The molecule has 0 N–H and O–H groups in total. The molecule has 1 aromatic carbocycles. The molecule has 1 aliphatic heterocycles. The van der Waals surface area contributed by atoms with Gasteiger partial charge in [0, 0.05) is 32.7 Å². The van der Waals surface area contributed by atoms with Crippen LogP contribution in [0.2, 0.25) is 0 Å². The second-order valence-corrected chi connectivity index (χ2v) is 6.46. The summed E-state index contributed by atoms with van der Waals surface area (Å²) in [7, 11) is 0. The molecule has 130 valence electrons. The van der Waals surface area contributed by atoms with Gasteiger partial charge in [0.15, 0.2) is 0 Å². The Morgan fingerprint density at radius 2 is 1.88 bits per heavy atom. The lowest BCUT2D eigenvalue weighted by Crippen LogP contribution is -2.49. The molecular weight excluding hydrogens is 322 g/mol. The van der Waals surface area contributed by atoms with Crippen LogP contribution in [0.15, 0.2) is 41.7 Å². The van der Waals surface area contributed by atoms with Gasteiger partial charge in [-0.1, -0.05) is 43.6 Å². The van der Waals surface area contributed by atoms with Gasteiger partial charge >= 0.3 is 0 Å². The second kappa shape index (κ2) is 8.80. The molecule has 1 fully saturated rings. The third-order valence-electron chi connectivity index (χ3n) is 3.94. The van der Waals surface area contributed by atoms with E-state index in [2.05, 4.69) is 11.5 Å². The molecule has 1 aliphatic rings. The molecule has 2 aromatic rings. The predicted molar refractivity (Wildman–Crippen MR) is 101 cm³/mol. The summed E-state index contributed by atoms with van der Waals surface area (Å²) in [6.07, 6.45) is 1.88. The summed E-state index contributed by atoms with van der Waals surface area (Å²) in [5, 5.41) is 0.691. The lowest BCUT2D eigenvalue weighted by Gasteiger charge is -2.34. The lowest BCUT2D eigenvalue weighted by molar-refractivity contribution is -0.133. The van der Waals surface area contributed by atoms with Gasteiger partial charge in [-0.2, -0.15) is 0 Å². The number of fused-ring (bicyclic) bond motifs is 1. The van der Waals surface area contributed by atoms with Gasteiger partial charge in [-0.3, -0.25) is 18.4 Å². The number of hydrogen-bond donors (Lipinski definition) is 0. The lowest BCUT2D eigenvalue weighted by atomic mass is 10.3. The molecule has 1 aromatic heterocycles. The summed E-state index contributed by atoms with van der Waals surface area (Å²) in [6, 6.07) is 7.48. The first-order chi connectivity index (χ1) is 11.7. The normalized spacial score (nSPS) is 15.0. The monoisotopic (exact) mass is 347 g/mol. The van der Waals surface area contributed by atoms with E-state index in [1.807, 2.05) is 49.1 Å². The molecule has 24 heavy (non-hydrogen) atoms. The van der Waals surface area contributed by atoms with Crippen molar-refractivity contribution < 1.29 is 4.79 Å². The molecule has 1 amide bonds. The van der Waals surface area contributed by atoms with Crippen molar-refractivity contribution in [3.05, 3.63) is 47.3 Å². The van der Waals surface area contributed by atoms with Crippen LogP contribution in [-0.2, 0) is 11.3 Å². The van der Waals surface area contributed by atoms with E-state index < -0.39 is 0 Å². The highest BCUT2D eigenvalue weighted by atomic mass is 32.1. The smallest absolute Gasteiger partial charge is 0.268 e. The van der Waals surface area contributed by atoms with E-state index in [4.69, 9.17) is 0 Å². The minimum atomic E-state index is -0.0701. The van der Waals surface area contributed by atoms with Crippen molar-refractivity contribution in [3.8, 4) is 0 Å². The number of amides is 1. The summed E-state index contributed by atoms with van der Waals surface area (Å²) in [5.41, 5.74) is -0.0701. The molecule has 0 spiro atoms. The number of benzene rings is 1. The SMILES string of the molecule is C=CCN1CCN(C(=O)Cn2sc3ccccc3c2=O)CC1.CC. The summed E-state index contributed by atoms with van der Waals surface area (Å²) in [6.45, 7) is 11.9. The zero-order valence-electron chi connectivity index (χ0n) is 14.4. The van der Waals surface area contributed by atoms with Gasteiger partial charge in [-0.05, 0) is 12.1 Å². The molecule has 5 nitrogen and oxygen atoms in total. The van der Waals surface area contributed by atoms with Crippen LogP contribution in [-0.4, -0.2) is 52.4 Å². The molecule has 0 saturated carbocycles. The highest BCUT2D eigenvalue weighted by Gasteiger charge is 2.21. The van der Waals surface area contributed by atoms with E-state index in [0.29, 0.717) is 18.5 Å². The van der Waals surface area contributed by atoms with Gasteiger partial charge in [0.05, 0.1) is 10.1 Å². The quantitative estimate of drug-likeness (QED) is 0.798. The molecule has 2 heterocycles. The Balaban J connectivity index is 0.00000100. The molecule has 0 aliphatic carbocycles. The first-order valence-corrected chi connectivity index (χ1v) is 9.16. The van der Waals surface area contributed by atoms with Crippen LogP contribution in [0.3, 0.4) is 0 Å². The van der Waals surface area contributed by atoms with Gasteiger partial charge < -0.3 is 4.90 Å². The third kappa shape index (κ3) is 4.13. The maximum absolute atomic E-state index is 12.4. The number of aromatic nitrogens is 1. The summed E-state index contributed by atoms with van der Waals surface area (Å²) < 4.78 is 2.49. The molecule has 0 bridgehead atoms. The Labute approximate surface area is 146 Å².